The van der Waals surface area contributed by atoms with E-state index in [0.717, 1.165) is 0 Å². The number of nitrogens with two attached hydrogens (primary N) is 2. The maximum Gasteiger partial charge on any atom is 0.338 e. The molecule has 21 aliphatic rings. The first-order valence-electron chi connectivity index (χ1n) is 25.3. The van der Waals surface area contributed by atoms with Crippen molar-refractivity contribution in [1.82, 2.24) is 0 Å². The Morgan fingerprint density at radius 2 is 0.475 bits per heavy atom. The third kappa shape index (κ3) is 13.1. The molecule has 0 aromatic carbocycles. The molecule has 21 aliphatic heterocycles. The average molecular weight is 1200 g/mol. The minimum atomic E-state index is -2.20. The number of hydrogen-bond acceptors (Lipinski definition) is 33. The second kappa shape index (κ2) is 27.7. The zero-order chi connectivity index (χ0) is 57.6. The smallest absolute Gasteiger partial charge is 0.338 e. The van der Waals surface area contributed by atoms with Crippen LogP contribution in [0.1, 0.15) is 6.92 Å². The predicted molar refractivity (Wildman–Crippen MR) is 239 cm³/mol. The molecule has 24 N–H and O–H groups in total. The quantitative estimate of drug-likeness (QED) is 0.0831. The summed E-state index contributed by atoms with van der Waals surface area (Å²) in [5, 5.41) is 211. The SMILES string of the molecule is C[C@H]1O[C@@H]2O[C@H]3[C@H](O)[C@@H](O)[C@@H](O[C@H]4[C@H](O)[C@@H](O)[C@@H](O[C@H]5[C@H](O)[C@@H](O)[C@@H](O[C@H]6[C@H](O)[C@@H](O)[C@@H](O[C@H]7[C@H](O)[C@@H](O)[C@@H](O[C@H]8[C@H](O)[C@@H](O)[C@@H](O[C@H]1[C@H](O)[C@H]2O)O[C@@H]8CO)O[C@@H]7CO)O[C@@H]6C[NH+]=C(N)N)O[C@@H]5CO)O[C@@H]4CO)O[C@@H]3CO.[Cl-]. The number of aliphatic hydroxyl groups is 19. The largest absolute Gasteiger partial charge is 1.00 e. The number of aliphatic hydroxyl groups excluding tert-OH is 19. The van der Waals surface area contributed by atoms with E-state index in [2.05, 4.69) is 4.99 Å². The van der Waals surface area contributed by atoms with Crippen molar-refractivity contribution in [2.45, 2.75) is 222 Å². The second-order valence-electron chi connectivity index (χ2n) is 20.3. The molecule has 37 heteroatoms. The van der Waals surface area contributed by atoms with Gasteiger partial charge < -0.3 is 176 Å². The number of hydrogen-bond donors (Lipinski definition) is 22. The van der Waals surface area contributed by atoms with E-state index in [-0.39, 0.29) is 12.4 Å². The molecule has 14 bridgehead atoms. The number of halogens is 1. The monoisotopic (exact) mass is 1200 g/mol. The van der Waals surface area contributed by atoms with Crippen LogP contribution in [0.4, 0.5) is 0 Å². The lowest BCUT2D eigenvalue weighted by atomic mass is 9.95. The van der Waals surface area contributed by atoms with Gasteiger partial charge in [-0.05, 0) is 6.92 Å². The number of ether oxygens (including phenoxy) is 14. The first-order valence-corrected chi connectivity index (χ1v) is 25.3. The van der Waals surface area contributed by atoms with Gasteiger partial charge in [0.1, 0.15) is 165 Å². The molecule has 0 aliphatic carbocycles. The van der Waals surface area contributed by atoms with Gasteiger partial charge in [0.2, 0.25) is 0 Å². The lowest BCUT2D eigenvalue weighted by Gasteiger charge is -2.50. The van der Waals surface area contributed by atoms with Gasteiger partial charge in [0.15, 0.2) is 44.0 Å². The number of guanidine groups is 1. The average Bonchev–Trinajstić information content (AvgIpc) is 3.42. The minimum Gasteiger partial charge on any atom is -1.00 e. The summed E-state index contributed by atoms with van der Waals surface area (Å²) in [7, 11) is 0. The van der Waals surface area contributed by atoms with Gasteiger partial charge in [-0.2, -0.15) is 0 Å². The third-order valence-corrected chi connectivity index (χ3v) is 15.1. The summed E-state index contributed by atoms with van der Waals surface area (Å²) in [6, 6.07) is 0. The van der Waals surface area contributed by atoms with Crippen LogP contribution in [0.2, 0.25) is 0 Å². The third-order valence-electron chi connectivity index (χ3n) is 15.1. The van der Waals surface area contributed by atoms with E-state index < -0.39 is 260 Å². The highest BCUT2D eigenvalue weighted by atomic mass is 35.5. The molecule has 21 heterocycles. The molecule has 21 rings (SSSR count). The fourth-order valence-electron chi connectivity index (χ4n) is 10.6. The minimum absolute atomic E-state index is 0. The molecular weight excluding hydrogens is 1120 g/mol. The Morgan fingerprint density at radius 3 is 0.700 bits per heavy atom. The van der Waals surface area contributed by atoms with Crippen molar-refractivity contribution >= 4 is 5.96 Å². The Bertz CT molecular complexity index is 1960. The summed E-state index contributed by atoms with van der Waals surface area (Å²) in [6.07, 6.45) is -68.0. The standard InChI is InChI=1S/C43H73N3O33.ClH/c1-8-29-15(52)22(59)36(66-8)75-31-10(3-47)70-40(26(63)18(31)55)79-35-14(7-51)72-42(28(65)21(35)58)78-34-13(6-50)69-39(25(62)19(34)56)74-30-9(2-46-43(44)45)67-37(23(60)16(30)53)76-32-12(5-49)71-41(27(64)20(32)57)77-33-11(4-48)68-38(73-29)24(61)17(33)54;/h8-42,47-65H,2-7H2,1H3,(H4,44,45,46);1H/t8-,9-,10-,11-,12-,13-,14-,15-,16-,17-,18-,19-,20-,21-,22-,23-,24-,25-,26-,27-,28-,29-,30-,31-,32-,33-,34-,35-,36-,37-,38-,39-,40-,41-,42-;/m1./s1. The molecule has 21 fully saturated rings. The summed E-state index contributed by atoms with van der Waals surface area (Å²) in [5.74, 6) is -0.408. The molecular formula is C43H74ClN3O33. The van der Waals surface area contributed by atoms with Gasteiger partial charge in [-0.15, -0.1) is 0 Å². The zero-order valence-electron chi connectivity index (χ0n) is 42.2. The highest BCUT2D eigenvalue weighted by molar-refractivity contribution is 5.69. The normalized spacial score (nSPS) is 53.5. The molecule has 0 unspecified atom stereocenters. The highest BCUT2D eigenvalue weighted by Gasteiger charge is 2.59. The van der Waals surface area contributed by atoms with Crippen molar-refractivity contribution in [2.75, 3.05) is 39.6 Å². The van der Waals surface area contributed by atoms with Crippen LogP contribution in [-0.4, -0.2) is 358 Å². The molecule has 0 aromatic rings. The van der Waals surface area contributed by atoms with E-state index in [1.165, 1.54) is 6.92 Å². The number of rotatable bonds is 7. The van der Waals surface area contributed by atoms with Crippen LogP contribution in [0.5, 0.6) is 0 Å². The van der Waals surface area contributed by atoms with Gasteiger partial charge >= 0.3 is 5.96 Å². The van der Waals surface area contributed by atoms with Crippen LogP contribution in [0.25, 0.3) is 0 Å². The van der Waals surface area contributed by atoms with Gasteiger partial charge in [0.25, 0.3) is 0 Å². The Labute approximate surface area is 458 Å². The van der Waals surface area contributed by atoms with E-state index in [1.807, 2.05) is 0 Å². The predicted octanol–water partition coefficient (Wildman–Crippen LogP) is -19.8. The Kier molecular flexibility index (Phi) is 22.8. The lowest BCUT2D eigenvalue weighted by Crippen LogP contribution is -3.00. The molecule has 0 aromatic heterocycles. The highest BCUT2D eigenvalue weighted by Crippen LogP contribution is 2.39. The summed E-state index contributed by atoms with van der Waals surface area (Å²) >= 11 is 0. The van der Waals surface area contributed by atoms with Crippen molar-refractivity contribution < 1.29 is 181 Å². The summed E-state index contributed by atoms with van der Waals surface area (Å²) < 4.78 is 80.7. The van der Waals surface area contributed by atoms with Crippen molar-refractivity contribution in [1.29, 1.82) is 0 Å². The van der Waals surface area contributed by atoms with Gasteiger partial charge in [0, 0.05) is 0 Å². The van der Waals surface area contributed by atoms with E-state index in [9.17, 15) is 97.0 Å². The van der Waals surface area contributed by atoms with Crippen molar-refractivity contribution in [2.24, 2.45) is 11.5 Å². The van der Waals surface area contributed by atoms with Crippen LogP contribution in [0.3, 0.4) is 0 Å². The summed E-state index contributed by atoms with van der Waals surface area (Å²) in [4.78, 5) is 2.52. The van der Waals surface area contributed by atoms with Crippen molar-refractivity contribution in [3.05, 3.63) is 0 Å². The van der Waals surface area contributed by atoms with Crippen LogP contribution in [0, 0.1) is 0 Å². The van der Waals surface area contributed by atoms with Crippen LogP contribution in [-0.2, 0) is 66.3 Å². The molecule has 36 nitrogen and oxygen atoms in total. The molecule has 0 radical (unpaired) electrons. The van der Waals surface area contributed by atoms with Crippen LogP contribution < -0.4 is 28.9 Å². The molecule has 0 saturated carbocycles. The molecule has 466 valence electrons. The summed E-state index contributed by atoms with van der Waals surface area (Å²) in [6.45, 7) is -4.29. The molecule has 35 atom stereocenters. The molecule has 0 amide bonds. The van der Waals surface area contributed by atoms with Crippen molar-refractivity contribution in [3.63, 3.8) is 0 Å². The van der Waals surface area contributed by atoms with Gasteiger partial charge in [-0.25, -0.2) is 0 Å². The maximum absolute atomic E-state index is 11.6. The Hall–Kier alpha value is -1.76. The van der Waals surface area contributed by atoms with Crippen LogP contribution in [0.15, 0.2) is 0 Å². The maximum atomic E-state index is 11.6. The first-order chi connectivity index (χ1) is 37.5. The van der Waals surface area contributed by atoms with Gasteiger partial charge in [-0.3, -0.25) is 16.5 Å². The molecule has 21 saturated heterocycles. The van der Waals surface area contributed by atoms with E-state index in [4.69, 9.17) is 77.8 Å². The molecule has 0 spiro atoms. The van der Waals surface area contributed by atoms with Gasteiger partial charge in [-0.1, -0.05) is 0 Å². The number of nitrogens with one attached hydrogen (secondary N) is 1. The Balaban J connectivity index is 0.00000924. The van der Waals surface area contributed by atoms with Crippen LogP contribution >= 0.6 is 0 Å². The van der Waals surface area contributed by atoms with E-state index >= 15 is 0 Å². The first kappa shape index (κ1) is 65.8. The summed E-state index contributed by atoms with van der Waals surface area (Å²) in [5.41, 5.74) is 11.2. The molecule has 80 heavy (non-hydrogen) atoms. The topological polar surface area (TPSA) is 580 Å². The fraction of sp³-hybridized carbons (Fsp3) is 0.977. The zero-order valence-corrected chi connectivity index (χ0v) is 43.0. The Morgan fingerprint density at radius 1 is 0.287 bits per heavy atom. The fourth-order valence-corrected chi connectivity index (χ4v) is 10.6. The lowest BCUT2D eigenvalue weighted by molar-refractivity contribution is -0.490. The second-order valence-corrected chi connectivity index (χ2v) is 20.3. The van der Waals surface area contributed by atoms with E-state index in [0.29, 0.717) is 0 Å². The van der Waals surface area contributed by atoms with Gasteiger partial charge in [0.05, 0.1) is 45.7 Å². The van der Waals surface area contributed by atoms with Crippen molar-refractivity contribution in [3.8, 4) is 0 Å². The van der Waals surface area contributed by atoms with E-state index in [1.54, 1.807) is 0 Å².